The van der Waals surface area contributed by atoms with Crippen LogP contribution >= 0.6 is 0 Å². The lowest BCUT2D eigenvalue weighted by Crippen LogP contribution is -2.29. The van der Waals surface area contributed by atoms with Crippen molar-refractivity contribution in [3.05, 3.63) is 60.0 Å². The number of hydrogen-bond acceptors (Lipinski definition) is 8. The zero-order valence-electron chi connectivity index (χ0n) is 21.3. The number of rotatable bonds is 8. The van der Waals surface area contributed by atoms with Gasteiger partial charge in [0.15, 0.2) is 0 Å². The van der Waals surface area contributed by atoms with Crippen LogP contribution < -0.4 is 15.2 Å². The predicted molar refractivity (Wildman–Crippen MR) is 143 cm³/mol. The number of nitrogens with one attached hydrogen (secondary N) is 1. The second kappa shape index (κ2) is 9.85. The lowest BCUT2D eigenvalue weighted by molar-refractivity contribution is 0.400. The van der Waals surface area contributed by atoms with Crippen LogP contribution in [0.5, 0.6) is 5.88 Å². The molecule has 202 valence electrons. The Bertz CT molecular complexity index is 1750. The Labute approximate surface area is 220 Å². The van der Waals surface area contributed by atoms with Crippen LogP contribution in [0, 0.1) is 5.82 Å². The number of nitrogens with zero attached hydrogens (tertiary/aromatic N) is 4. The molecule has 0 saturated heterocycles. The first kappa shape index (κ1) is 27.3. The van der Waals surface area contributed by atoms with Crippen LogP contribution in [0.15, 0.2) is 53.6 Å². The largest absolute Gasteiger partial charge is 0.480 e. The summed E-state index contributed by atoms with van der Waals surface area (Å²) < 4.78 is 76.0. The molecule has 14 heteroatoms. The molecule has 0 aliphatic rings. The van der Waals surface area contributed by atoms with Gasteiger partial charge in [0.1, 0.15) is 16.4 Å². The highest BCUT2D eigenvalue weighted by Gasteiger charge is 2.25. The summed E-state index contributed by atoms with van der Waals surface area (Å²) in [5.74, 6) is -1.11. The normalized spacial score (nSPS) is 12.4. The fraction of sp³-hybridized carbons (Fsp3) is 0.250. The highest BCUT2D eigenvalue weighted by Crippen LogP contribution is 2.33. The Morgan fingerprint density at radius 1 is 1.05 bits per heavy atom. The third kappa shape index (κ3) is 4.89. The van der Waals surface area contributed by atoms with Crippen molar-refractivity contribution in [1.29, 1.82) is 0 Å². The quantitative estimate of drug-likeness (QED) is 0.332. The molecule has 2 heterocycles. The molecule has 11 nitrogen and oxygen atoms in total. The van der Waals surface area contributed by atoms with Gasteiger partial charge < -0.3 is 10.5 Å². The number of methoxy groups -OCH3 is 1. The van der Waals surface area contributed by atoms with E-state index in [2.05, 4.69) is 14.7 Å². The standard InChI is InChI=1S/C24H27FN6O5S2/c1-14(2)15-7-9-22(18(25)10-15)37(32,33)29-20-11-17(13-27-23(20)36-5)16-6-8-19-21(12-16)31(24(26)28-19)38(34,35)30(3)4/h6-14,29H,1-5H3,(H2,26,28). The summed E-state index contributed by atoms with van der Waals surface area (Å²) in [7, 11) is -4.26. The van der Waals surface area contributed by atoms with E-state index in [1.54, 1.807) is 24.3 Å². The van der Waals surface area contributed by atoms with Gasteiger partial charge in [0.05, 0.1) is 18.1 Å². The van der Waals surface area contributed by atoms with Crippen molar-refractivity contribution < 1.29 is 26.0 Å². The van der Waals surface area contributed by atoms with Crippen LogP contribution in [0.4, 0.5) is 16.0 Å². The number of fused-ring (bicyclic) bond motifs is 1. The summed E-state index contributed by atoms with van der Waals surface area (Å²) in [6, 6.07) is 10.2. The van der Waals surface area contributed by atoms with Gasteiger partial charge in [0, 0.05) is 25.9 Å². The molecule has 0 bridgehead atoms. The molecule has 0 atom stereocenters. The highest BCUT2D eigenvalue weighted by atomic mass is 32.2. The summed E-state index contributed by atoms with van der Waals surface area (Å²) in [5, 5.41) is 0. The number of imidazole rings is 1. The summed E-state index contributed by atoms with van der Waals surface area (Å²) in [6.07, 6.45) is 1.43. The van der Waals surface area contributed by atoms with Gasteiger partial charge in [-0.3, -0.25) is 4.72 Å². The monoisotopic (exact) mass is 562 g/mol. The number of nitrogen functional groups attached to an aromatic ring is 1. The maximum absolute atomic E-state index is 14.7. The van der Waals surface area contributed by atoms with E-state index in [0.29, 0.717) is 22.2 Å². The Kier molecular flexibility index (Phi) is 7.07. The molecule has 0 aliphatic carbocycles. The van der Waals surface area contributed by atoms with E-state index in [0.717, 1.165) is 8.28 Å². The third-order valence-corrected chi connectivity index (χ3v) is 9.03. The Balaban J connectivity index is 1.79. The molecule has 0 spiro atoms. The molecular formula is C24H27FN6O5S2. The number of pyridine rings is 1. The van der Waals surface area contributed by atoms with Crippen molar-refractivity contribution in [2.24, 2.45) is 0 Å². The van der Waals surface area contributed by atoms with E-state index < -0.39 is 30.9 Å². The highest BCUT2D eigenvalue weighted by molar-refractivity contribution is 7.92. The lowest BCUT2D eigenvalue weighted by atomic mass is 10.0. The number of sulfonamides is 1. The smallest absolute Gasteiger partial charge is 0.310 e. The zero-order chi connectivity index (χ0) is 28.0. The van der Waals surface area contributed by atoms with Gasteiger partial charge in [0.25, 0.3) is 10.0 Å². The molecule has 0 aliphatic heterocycles. The molecular weight excluding hydrogens is 535 g/mol. The molecule has 2 aromatic carbocycles. The predicted octanol–water partition coefficient (Wildman–Crippen LogP) is 3.41. The fourth-order valence-corrected chi connectivity index (χ4v) is 5.91. The molecule has 4 aromatic rings. The van der Waals surface area contributed by atoms with E-state index in [9.17, 15) is 21.2 Å². The van der Waals surface area contributed by atoms with Crippen molar-refractivity contribution in [2.45, 2.75) is 24.7 Å². The first-order chi connectivity index (χ1) is 17.8. The summed E-state index contributed by atoms with van der Waals surface area (Å²) in [4.78, 5) is 7.78. The topological polar surface area (TPSA) is 150 Å². The van der Waals surface area contributed by atoms with Gasteiger partial charge in [-0.15, -0.1) is 0 Å². The van der Waals surface area contributed by atoms with Gasteiger partial charge >= 0.3 is 10.2 Å². The van der Waals surface area contributed by atoms with Gasteiger partial charge in [-0.2, -0.15) is 16.7 Å². The molecule has 0 radical (unpaired) electrons. The van der Waals surface area contributed by atoms with Crippen LogP contribution in [0.25, 0.3) is 22.2 Å². The van der Waals surface area contributed by atoms with E-state index in [1.165, 1.54) is 45.6 Å². The summed E-state index contributed by atoms with van der Waals surface area (Å²) in [5.41, 5.74) is 8.02. The minimum atomic E-state index is -4.35. The summed E-state index contributed by atoms with van der Waals surface area (Å²) in [6.45, 7) is 3.75. The van der Waals surface area contributed by atoms with Crippen LogP contribution in [-0.4, -0.2) is 56.3 Å². The van der Waals surface area contributed by atoms with Crippen molar-refractivity contribution in [2.75, 3.05) is 31.7 Å². The summed E-state index contributed by atoms with van der Waals surface area (Å²) >= 11 is 0. The molecule has 0 fully saturated rings. The number of hydrogen-bond donors (Lipinski definition) is 2. The molecule has 0 unspecified atom stereocenters. The number of ether oxygens (including phenoxy) is 1. The molecule has 38 heavy (non-hydrogen) atoms. The van der Waals surface area contributed by atoms with Crippen LogP contribution in [0.2, 0.25) is 0 Å². The van der Waals surface area contributed by atoms with Crippen molar-refractivity contribution in [1.82, 2.24) is 18.2 Å². The van der Waals surface area contributed by atoms with Crippen LogP contribution in [-0.2, 0) is 20.2 Å². The van der Waals surface area contributed by atoms with Gasteiger partial charge in [-0.25, -0.2) is 22.8 Å². The number of benzene rings is 2. The van der Waals surface area contributed by atoms with Crippen molar-refractivity contribution in [3.63, 3.8) is 0 Å². The number of nitrogens with two attached hydrogens (primary N) is 1. The maximum Gasteiger partial charge on any atom is 0.310 e. The minimum absolute atomic E-state index is 0.0203. The number of aromatic nitrogens is 3. The average molecular weight is 563 g/mol. The number of anilines is 2. The van der Waals surface area contributed by atoms with Gasteiger partial charge in [0.2, 0.25) is 11.8 Å². The van der Waals surface area contributed by atoms with Gasteiger partial charge in [-0.05, 0) is 47.4 Å². The van der Waals surface area contributed by atoms with E-state index in [-0.39, 0.29) is 29.0 Å². The molecule has 4 rings (SSSR count). The Morgan fingerprint density at radius 2 is 1.76 bits per heavy atom. The lowest BCUT2D eigenvalue weighted by Gasteiger charge is -2.15. The Morgan fingerprint density at radius 3 is 2.37 bits per heavy atom. The first-order valence-corrected chi connectivity index (χ1v) is 14.2. The average Bonchev–Trinajstić information content (AvgIpc) is 3.18. The minimum Gasteiger partial charge on any atom is -0.480 e. The Hall–Kier alpha value is -3.75. The van der Waals surface area contributed by atoms with E-state index in [1.807, 2.05) is 13.8 Å². The van der Waals surface area contributed by atoms with Crippen molar-refractivity contribution >= 4 is 42.9 Å². The first-order valence-electron chi connectivity index (χ1n) is 11.3. The van der Waals surface area contributed by atoms with Gasteiger partial charge in [-0.1, -0.05) is 26.0 Å². The molecule has 0 amide bonds. The van der Waals surface area contributed by atoms with E-state index in [4.69, 9.17) is 10.5 Å². The number of halogens is 1. The van der Waals surface area contributed by atoms with Crippen LogP contribution in [0.3, 0.4) is 0 Å². The fourth-order valence-electron chi connectivity index (χ4n) is 3.80. The molecule has 2 aromatic heterocycles. The SMILES string of the molecule is COc1ncc(-c2ccc3nc(N)n(S(=O)(=O)N(C)C)c3c2)cc1NS(=O)(=O)c1ccc(C(C)C)cc1F. The second-order valence-electron chi connectivity index (χ2n) is 8.96. The zero-order valence-corrected chi connectivity index (χ0v) is 22.9. The van der Waals surface area contributed by atoms with Crippen molar-refractivity contribution in [3.8, 4) is 17.0 Å². The molecule has 3 N–H and O–H groups in total. The van der Waals surface area contributed by atoms with E-state index >= 15 is 0 Å². The van der Waals surface area contributed by atoms with Crippen LogP contribution in [0.1, 0.15) is 25.3 Å². The third-order valence-electron chi connectivity index (χ3n) is 5.86. The second-order valence-corrected chi connectivity index (χ2v) is 12.6. The molecule has 0 saturated carbocycles. The maximum atomic E-state index is 14.7.